The molecule has 7 nitrogen and oxygen atoms in total. The van der Waals surface area contributed by atoms with Gasteiger partial charge in [-0.2, -0.15) is 18.3 Å². The molecule has 4 rings (SSSR count). The maximum absolute atomic E-state index is 12.7. The predicted molar refractivity (Wildman–Crippen MR) is 137 cm³/mol. The number of carbonyl (C=O) groups is 2. The highest BCUT2D eigenvalue weighted by atomic mass is 35.5. The summed E-state index contributed by atoms with van der Waals surface area (Å²) in [5.41, 5.74) is -2.83. The van der Waals surface area contributed by atoms with E-state index in [9.17, 15) is 22.8 Å². The van der Waals surface area contributed by atoms with E-state index in [1.807, 2.05) is 15.8 Å². The number of piperidine rings is 1. The zero-order chi connectivity index (χ0) is 26.6. The van der Waals surface area contributed by atoms with Crippen LogP contribution >= 0.6 is 23.4 Å². The number of ether oxygens (including phenoxy) is 1. The molecule has 0 spiro atoms. The summed E-state index contributed by atoms with van der Waals surface area (Å²) in [6.45, 7) is 1.82. The van der Waals surface area contributed by atoms with Crippen molar-refractivity contribution in [1.82, 2.24) is 20.0 Å². The van der Waals surface area contributed by atoms with Gasteiger partial charge in [-0.15, -0.1) is 0 Å². The van der Waals surface area contributed by atoms with E-state index in [2.05, 4.69) is 10.4 Å². The van der Waals surface area contributed by atoms with Crippen molar-refractivity contribution >= 4 is 46.1 Å². The maximum Gasteiger partial charge on any atom is 0.441 e. The molecular weight excluding hydrogens is 529 g/mol. The van der Waals surface area contributed by atoms with Crippen LogP contribution in [0.5, 0.6) is 5.75 Å². The Kier molecular flexibility index (Phi) is 8.53. The first-order valence-corrected chi connectivity index (χ1v) is 13.1. The van der Waals surface area contributed by atoms with Crippen molar-refractivity contribution in [3.8, 4) is 5.75 Å². The summed E-state index contributed by atoms with van der Waals surface area (Å²) in [5.74, 6) is -0.141. The summed E-state index contributed by atoms with van der Waals surface area (Å²) in [6, 6.07) is 10.1. The summed E-state index contributed by atoms with van der Waals surface area (Å²) in [7, 11) is 1.44. The van der Waals surface area contributed by atoms with Crippen molar-refractivity contribution in [2.45, 2.75) is 24.9 Å². The molecule has 0 radical (unpaired) electrons. The number of alkyl halides is 3. The van der Waals surface area contributed by atoms with E-state index in [0.29, 0.717) is 52.8 Å². The largest absolute Gasteiger partial charge is 0.495 e. The van der Waals surface area contributed by atoms with Gasteiger partial charge in [-0.25, -0.2) is 0 Å². The van der Waals surface area contributed by atoms with Crippen LogP contribution in [0.1, 0.15) is 33.6 Å². The average molecular weight is 555 g/mol. The third kappa shape index (κ3) is 6.89. The smallest absolute Gasteiger partial charge is 0.441 e. The molecule has 0 aliphatic carbocycles. The van der Waals surface area contributed by atoms with Crippen molar-refractivity contribution < 1.29 is 27.5 Å². The number of halogens is 4. The van der Waals surface area contributed by atoms with E-state index in [0.717, 1.165) is 12.8 Å². The van der Waals surface area contributed by atoms with Crippen molar-refractivity contribution in [3.63, 3.8) is 0 Å². The lowest BCUT2D eigenvalue weighted by atomic mass is 9.96. The number of hydrogen-bond donors (Lipinski definition) is 1. The van der Waals surface area contributed by atoms with Crippen LogP contribution in [0.25, 0.3) is 10.9 Å². The Morgan fingerprint density at radius 3 is 2.51 bits per heavy atom. The second-order valence-electron chi connectivity index (χ2n) is 8.72. The number of aromatic nitrogens is 2. The summed E-state index contributed by atoms with van der Waals surface area (Å²) in [4.78, 5) is 27.2. The lowest BCUT2D eigenvalue weighted by Crippen LogP contribution is -2.39. The molecule has 0 saturated carbocycles. The molecule has 1 aliphatic heterocycles. The zero-order valence-corrected chi connectivity index (χ0v) is 21.6. The second-order valence-corrected chi connectivity index (χ2v) is 10.3. The lowest BCUT2D eigenvalue weighted by Gasteiger charge is -2.32. The Hall–Kier alpha value is -2.92. The molecule has 198 valence electrons. The highest BCUT2D eigenvalue weighted by Crippen LogP contribution is 2.31. The van der Waals surface area contributed by atoms with Gasteiger partial charge in [-0.05, 0) is 66.9 Å². The number of amides is 2. The van der Waals surface area contributed by atoms with Gasteiger partial charge in [0, 0.05) is 48.7 Å². The predicted octanol–water partition coefficient (Wildman–Crippen LogP) is 5.23. The van der Waals surface area contributed by atoms with E-state index in [-0.39, 0.29) is 35.5 Å². The molecule has 0 atom stereocenters. The van der Waals surface area contributed by atoms with Crippen LogP contribution < -0.4 is 10.1 Å². The lowest BCUT2D eigenvalue weighted by molar-refractivity contribution is -0.0327. The van der Waals surface area contributed by atoms with Gasteiger partial charge in [0.05, 0.1) is 23.6 Å². The minimum atomic E-state index is -4.33. The van der Waals surface area contributed by atoms with E-state index in [4.69, 9.17) is 16.3 Å². The summed E-state index contributed by atoms with van der Waals surface area (Å²) < 4.78 is 44.2. The molecule has 37 heavy (non-hydrogen) atoms. The Labute approximate surface area is 221 Å². The molecule has 0 bridgehead atoms. The number of likely N-dealkylation sites (tertiary alicyclic amines) is 1. The molecule has 1 saturated heterocycles. The first-order chi connectivity index (χ1) is 17.6. The Bertz CT molecular complexity index is 1260. The first-order valence-electron chi connectivity index (χ1n) is 11.7. The standard InChI is InChI=1S/C25H26ClF3N4O3S/c1-36-22-19(23(34)30-10-13-37-25(27,28)29)6-7-21-20(22)15-33(31-21)14-16-8-11-32(12-9-16)24(35)17-2-4-18(26)5-3-17/h2-7,15-16H,8-14H2,1H3,(H,30,34). The average Bonchev–Trinajstić information content (AvgIpc) is 3.28. The van der Waals surface area contributed by atoms with Gasteiger partial charge < -0.3 is 15.0 Å². The van der Waals surface area contributed by atoms with Gasteiger partial charge in [0.15, 0.2) is 0 Å². The van der Waals surface area contributed by atoms with Crippen LogP contribution in [0, 0.1) is 5.92 Å². The van der Waals surface area contributed by atoms with Gasteiger partial charge in [0.2, 0.25) is 0 Å². The van der Waals surface area contributed by atoms with Crippen molar-refractivity contribution in [3.05, 3.63) is 58.7 Å². The Morgan fingerprint density at radius 2 is 1.86 bits per heavy atom. The Morgan fingerprint density at radius 1 is 1.16 bits per heavy atom. The fourth-order valence-electron chi connectivity index (χ4n) is 4.39. The number of fused-ring (bicyclic) bond motifs is 1. The van der Waals surface area contributed by atoms with Crippen LogP contribution in [-0.2, 0) is 6.54 Å². The normalized spacial score (nSPS) is 14.7. The van der Waals surface area contributed by atoms with Gasteiger partial charge in [-0.3, -0.25) is 14.3 Å². The van der Waals surface area contributed by atoms with Crippen molar-refractivity contribution in [2.24, 2.45) is 5.92 Å². The molecule has 1 aromatic heterocycles. The van der Waals surface area contributed by atoms with Crippen LogP contribution in [0.15, 0.2) is 42.6 Å². The van der Waals surface area contributed by atoms with Gasteiger partial charge >= 0.3 is 5.51 Å². The molecular formula is C25H26ClF3N4O3S. The summed E-state index contributed by atoms with van der Waals surface area (Å²) >= 11 is 5.73. The van der Waals surface area contributed by atoms with Crippen LogP contribution in [-0.4, -0.2) is 64.5 Å². The topological polar surface area (TPSA) is 76.5 Å². The van der Waals surface area contributed by atoms with Gasteiger partial charge in [0.1, 0.15) is 5.75 Å². The molecule has 1 N–H and O–H groups in total. The van der Waals surface area contributed by atoms with E-state index in [1.165, 1.54) is 7.11 Å². The number of carbonyl (C=O) groups excluding carboxylic acids is 2. The molecule has 2 amide bonds. The van der Waals surface area contributed by atoms with Crippen molar-refractivity contribution in [2.75, 3.05) is 32.5 Å². The molecule has 12 heteroatoms. The third-order valence-corrected chi connectivity index (χ3v) is 7.22. The number of methoxy groups -OCH3 is 1. The SMILES string of the molecule is COc1c(C(=O)NCCSC(F)(F)F)ccc2nn(CC3CCN(C(=O)c4ccc(Cl)cc4)CC3)cc12. The van der Waals surface area contributed by atoms with E-state index in [1.54, 1.807) is 36.4 Å². The number of nitrogens with one attached hydrogen (secondary N) is 1. The molecule has 0 unspecified atom stereocenters. The molecule has 2 heterocycles. The minimum Gasteiger partial charge on any atom is -0.495 e. The maximum atomic E-state index is 12.7. The van der Waals surface area contributed by atoms with E-state index < -0.39 is 11.4 Å². The minimum absolute atomic E-state index is 0.00696. The molecule has 1 aliphatic rings. The fourth-order valence-corrected chi connectivity index (χ4v) is 4.96. The molecule has 3 aromatic rings. The van der Waals surface area contributed by atoms with E-state index >= 15 is 0 Å². The van der Waals surface area contributed by atoms with Crippen LogP contribution in [0.4, 0.5) is 13.2 Å². The quantitative estimate of drug-likeness (QED) is 0.386. The monoisotopic (exact) mass is 554 g/mol. The summed E-state index contributed by atoms with van der Waals surface area (Å²) in [6.07, 6.45) is 3.47. The van der Waals surface area contributed by atoms with Crippen molar-refractivity contribution in [1.29, 1.82) is 0 Å². The number of rotatable bonds is 8. The number of benzene rings is 2. The highest BCUT2D eigenvalue weighted by Gasteiger charge is 2.28. The third-order valence-electron chi connectivity index (χ3n) is 6.23. The van der Waals surface area contributed by atoms with Gasteiger partial charge in [0.25, 0.3) is 11.8 Å². The molecule has 2 aromatic carbocycles. The zero-order valence-electron chi connectivity index (χ0n) is 20.1. The highest BCUT2D eigenvalue weighted by molar-refractivity contribution is 8.00. The number of thioether (sulfide) groups is 1. The fraction of sp³-hybridized carbons (Fsp3) is 0.400. The first kappa shape index (κ1) is 27.1. The number of nitrogens with zero attached hydrogens (tertiary/aromatic N) is 3. The summed E-state index contributed by atoms with van der Waals surface area (Å²) in [5, 5.41) is 8.35. The van der Waals surface area contributed by atoms with Gasteiger partial charge in [-0.1, -0.05) is 11.6 Å². The van der Waals surface area contributed by atoms with Crippen LogP contribution in [0.3, 0.4) is 0 Å². The number of hydrogen-bond acceptors (Lipinski definition) is 5. The second kappa shape index (κ2) is 11.6. The van der Waals surface area contributed by atoms with Crippen LogP contribution in [0.2, 0.25) is 5.02 Å². The Balaban J connectivity index is 1.37. The molecule has 1 fully saturated rings.